The second-order valence-electron chi connectivity index (χ2n) is 10.5. The molecule has 2 fully saturated rings. The number of nitrogens with zero attached hydrogens (tertiary/aromatic N) is 3. The zero-order valence-corrected chi connectivity index (χ0v) is 20.9. The molecule has 0 radical (unpaired) electrons. The fourth-order valence-corrected chi connectivity index (χ4v) is 5.22. The van der Waals surface area contributed by atoms with Crippen LogP contribution in [0.15, 0.2) is 40.7 Å². The maximum Gasteiger partial charge on any atom is 0.410 e. The Morgan fingerprint density at radius 2 is 2.06 bits per heavy atom. The van der Waals surface area contributed by atoms with E-state index in [1.807, 2.05) is 31.7 Å². The summed E-state index contributed by atoms with van der Waals surface area (Å²) >= 11 is 0. The SMILES string of the molecule is CCC(COCCC1CCN(C(=O)OC(C)(C)C)CC1)N1CNC2=CC(=O)C=C3N=CC=CC321. The van der Waals surface area contributed by atoms with Crippen LogP contribution >= 0.6 is 0 Å². The van der Waals surface area contributed by atoms with E-state index >= 15 is 0 Å². The number of hydrogen-bond donors (Lipinski definition) is 1. The number of piperidine rings is 1. The molecule has 1 amide bonds. The molecule has 4 rings (SSSR count). The number of carbonyl (C=O) groups excluding carboxylic acids is 2. The third kappa shape index (κ3) is 5.13. The molecule has 3 heterocycles. The summed E-state index contributed by atoms with van der Waals surface area (Å²) in [6, 6.07) is 0.196. The highest BCUT2D eigenvalue weighted by atomic mass is 16.6. The van der Waals surface area contributed by atoms with Crippen LogP contribution < -0.4 is 5.32 Å². The average Bonchev–Trinajstić information content (AvgIpc) is 3.14. The van der Waals surface area contributed by atoms with Crippen LogP contribution in [0.4, 0.5) is 4.79 Å². The number of dihydropyridines is 1. The van der Waals surface area contributed by atoms with Crippen molar-refractivity contribution in [3.63, 3.8) is 0 Å². The van der Waals surface area contributed by atoms with Gasteiger partial charge in [-0.05, 0) is 58.4 Å². The summed E-state index contributed by atoms with van der Waals surface area (Å²) in [7, 11) is 0. The van der Waals surface area contributed by atoms with E-state index in [1.54, 1.807) is 18.4 Å². The van der Waals surface area contributed by atoms with Crippen molar-refractivity contribution >= 4 is 18.1 Å². The number of ether oxygens (including phenoxy) is 2. The van der Waals surface area contributed by atoms with E-state index in [-0.39, 0.29) is 17.9 Å². The van der Waals surface area contributed by atoms with Gasteiger partial charge in [0.15, 0.2) is 5.78 Å². The van der Waals surface area contributed by atoms with Crippen LogP contribution in [-0.4, -0.2) is 78.0 Å². The molecule has 1 aliphatic carbocycles. The molecule has 0 aromatic rings. The van der Waals surface area contributed by atoms with Crippen LogP contribution in [-0.2, 0) is 14.3 Å². The standard InChI is InChI=1S/C26H38N4O4/c1-5-20(30-18-28-23-16-21(31)15-22-26(23,30)10-6-11-27-22)17-33-14-9-19-7-12-29(13-8-19)24(32)34-25(2,3)4/h6,10-11,15-16,19-20,28H,5,7-9,12-14,17-18H2,1-4H3. The van der Waals surface area contributed by atoms with Crippen LogP contribution in [0.1, 0.15) is 53.4 Å². The average molecular weight is 471 g/mol. The molecule has 4 aliphatic rings. The number of ketones is 1. The first kappa shape index (κ1) is 24.7. The molecule has 0 bridgehead atoms. The monoisotopic (exact) mass is 470 g/mol. The van der Waals surface area contributed by atoms with E-state index in [2.05, 4.69) is 28.2 Å². The number of rotatable bonds is 7. The lowest BCUT2D eigenvalue weighted by Gasteiger charge is -2.42. The predicted molar refractivity (Wildman–Crippen MR) is 131 cm³/mol. The van der Waals surface area contributed by atoms with Gasteiger partial charge in [-0.2, -0.15) is 0 Å². The van der Waals surface area contributed by atoms with E-state index in [9.17, 15) is 9.59 Å². The minimum absolute atomic E-state index is 0.0237. The van der Waals surface area contributed by atoms with Crippen molar-refractivity contribution in [2.45, 2.75) is 70.6 Å². The van der Waals surface area contributed by atoms with Gasteiger partial charge < -0.3 is 19.7 Å². The smallest absolute Gasteiger partial charge is 0.410 e. The quantitative estimate of drug-likeness (QED) is 0.574. The molecule has 0 saturated carbocycles. The van der Waals surface area contributed by atoms with Crippen LogP contribution in [0.5, 0.6) is 0 Å². The Hall–Kier alpha value is -2.45. The van der Waals surface area contributed by atoms with E-state index < -0.39 is 11.1 Å². The Morgan fingerprint density at radius 1 is 1.29 bits per heavy atom. The first-order valence-corrected chi connectivity index (χ1v) is 12.5. The van der Waals surface area contributed by atoms with Crippen molar-refractivity contribution in [1.29, 1.82) is 0 Å². The summed E-state index contributed by atoms with van der Waals surface area (Å²) in [5.74, 6) is 0.541. The number of allylic oxidation sites excluding steroid dienone is 3. The molecule has 186 valence electrons. The maximum absolute atomic E-state index is 12.3. The van der Waals surface area contributed by atoms with Crippen LogP contribution in [0.3, 0.4) is 0 Å². The van der Waals surface area contributed by atoms with Crippen molar-refractivity contribution in [2.75, 3.05) is 33.0 Å². The lowest BCUT2D eigenvalue weighted by atomic mass is 9.83. The highest BCUT2D eigenvalue weighted by Crippen LogP contribution is 2.42. The molecule has 0 aromatic carbocycles. The van der Waals surface area contributed by atoms with Gasteiger partial charge in [-0.1, -0.05) is 13.0 Å². The summed E-state index contributed by atoms with van der Waals surface area (Å²) in [6.07, 6.45) is 12.8. The van der Waals surface area contributed by atoms with E-state index in [0.717, 1.165) is 50.2 Å². The summed E-state index contributed by atoms with van der Waals surface area (Å²) in [4.78, 5) is 33.1. The number of amides is 1. The fraction of sp³-hybridized carbons (Fsp3) is 0.654. The molecule has 8 heteroatoms. The van der Waals surface area contributed by atoms with Crippen molar-refractivity contribution in [2.24, 2.45) is 10.9 Å². The molecule has 2 atom stereocenters. The number of carbonyl (C=O) groups is 2. The van der Waals surface area contributed by atoms with Gasteiger partial charge in [-0.25, -0.2) is 4.79 Å². The Balaban J connectivity index is 1.25. The number of aliphatic imine (C=N–C) groups is 1. The van der Waals surface area contributed by atoms with Gasteiger partial charge in [-0.15, -0.1) is 0 Å². The number of nitrogens with one attached hydrogen (secondary N) is 1. The number of hydrogen-bond acceptors (Lipinski definition) is 7. The molecule has 3 aliphatic heterocycles. The molecule has 1 spiro atoms. The normalized spacial score (nSPS) is 25.9. The minimum Gasteiger partial charge on any atom is -0.444 e. The summed E-state index contributed by atoms with van der Waals surface area (Å²) in [6.45, 7) is 11.3. The Kier molecular flexibility index (Phi) is 7.28. The molecule has 1 N–H and O–H groups in total. The predicted octanol–water partition coefficient (Wildman–Crippen LogP) is 3.41. The van der Waals surface area contributed by atoms with Crippen molar-refractivity contribution < 1.29 is 19.1 Å². The summed E-state index contributed by atoms with van der Waals surface area (Å²) < 4.78 is 11.7. The van der Waals surface area contributed by atoms with Gasteiger partial charge in [0.2, 0.25) is 0 Å². The number of likely N-dealkylation sites (tertiary alicyclic amines) is 1. The van der Waals surface area contributed by atoms with E-state index in [0.29, 0.717) is 25.8 Å². The van der Waals surface area contributed by atoms with E-state index in [1.165, 1.54) is 0 Å². The molecular weight excluding hydrogens is 432 g/mol. The Labute approximate surface area is 202 Å². The van der Waals surface area contributed by atoms with Crippen LogP contribution in [0.2, 0.25) is 0 Å². The third-order valence-corrected chi connectivity index (χ3v) is 7.06. The highest BCUT2D eigenvalue weighted by molar-refractivity contribution is 6.03. The Bertz CT molecular complexity index is 908. The molecule has 2 unspecified atom stereocenters. The van der Waals surface area contributed by atoms with Crippen molar-refractivity contribution in [3.8, 4) is 0 Å². The fourth-order valence-electron chi connectivity index (χ4n) is 5.22. The molecular formula is C26H38N4O4. The molecule has 0 aromatic heterocycles. The van der Waals surface area contributed by atoms with Gasteiger partial charge in [0, 0.05) is 49.8 Å². The second kappa shape index (κ2) is 10.0. The van der Waals surface area contributed by atoms with Gasteiger partial charge in [-0.3, -0.25) is 14.7 Å². The summed E-state index contributed by atoms with van der Waals surface area (Å²) in [5, 5.41) is 3.42. The van der Waals surface area contributed by atoms with Gasteiger partial charge >= 0.3 is 6.09 Å². The topological polar surface area (TPSA) is 83.5 Å². The van der Waals surface area contributed by atoms with Crippen LogP contribution in [0, 0.1) is 5.92 Å². The van der Waals surface area contributed by atoms with E-state index in [4.69, 9.17) is 9.47 Å². The third-order valence-electron chi connectivity index (χ3n) is 7.06. The first-order chi connectivity index (χ1) is 16.2. The van der Waals surface area contributed by atoms with Gasteiger partial charge in [0.05, 0.1) is 19.0 Å². The van der Waals surface area contributed by atoms with Gasteiger partial charge in [0.25, 0.3) is 0 Å². The zero-order valence-electron chi connectivity index (χ0n) is 20.9. The maximum atomic E-state index is 12.3. The molecule has 8 nitrogen and oxygen atoms in total. The first-order valence-electron chi connectivity index (χ1n) is 12.5. The van der Waals surface area contributed by atoms with Crippen molar-refractivity contribution in [3.05, 3.63) is 35.7 Å². The second-order valence-corrected chi connectivity index (χ2v) is 10.5. The van der Waals surface area contributed by atoms with Gasteiger partial charge in [0.1, 0.15) is 11.1 Å². The zero-order chi connectivity index (χ0) is 24.3. The highest BCUT2D eigenvalue weighted by Gasteiger charge is 2.51. The molecule has 34 heavy (non-hydrogen) atoms. The van der Waals surface area contributed by atoms with Crippen LogP contribution in [0.25, 0.3) is 0 Å². The minimum atomic E-state index is -0.499. The lowest BCUT2D eigenvalue weighted by molar-refractivity contribution is -0.110. The summed E-state index contributed by atoms with van der Waals surface area (Å²) in [5.41, 5.74) is 0.722. The Morgan fingerprint density at radius 3 is 2.76 bits per heavy atom. The molecule has 2 saturated heterocycles. The largest absolute Gasteiger partial charge is 0.444 e. The lowest BCUT2D eigenvalue weighted by Crippen LogP contribution is -2.53. The van der Waals surface area contributed by atoms with Crippen molar-refractivity contribution in [1.82, 2.24) is 15.1 Å².